The summed E-state index contributed by atoms with van der Waals surface area (Å²) >= 11 is 0. The Bertz CT molecular complexity index is 1140. The van der Waals surface area contributed by atoms with E-state index in [1.165, 1.54) is 7.11 Å². The zero-order valence-corrected chi connectivity index (χ0v) is 19.3. The number of carbonyl (C=O) groups excluding carboxylic acids is 3. The van der Waals surface area contributed by atoms with Crippen LogP contribution in [0.2, 0.25) is 0 Å². The number of aryl methyl sites for hydroxylation is 1. The quantitative estimate of drug-likeness (QED) is 0.420. The van der Waals surface area contributed by atoms with Crippen molar-refractivity contribution in [3.05, 3.63) is 65.9 Å². The van der Waals surface area contributed by atoms with E-state index in [2.05, 4.69) is 21.1 Å². The Balaban J connectivity index is 1.43. The van der Waals surface area contributed by atoms with Gasteiger partial charge >= 0.3 is 0 Å². The van der Waals surface area contributed by atoms with Crippen LogP contribution in [0.5, 0.6) is 5.75 Å². The van der Waals surface area contributed by atoms with Crippen molar-refractivity contribution in [2.24, 2.45) is 0 Å². The molecule has 178 valence electrons. The first-order chi connectivity index (χ1) is 16.3. The number of nitrogens with one attached hydrogen (secondary N) is 3. The molecule has 0 spiro atoms. The number of benzene rings is 2. The molecule has 0 bridgehead atoms. The minimum Gasteiger partial charge on any atom is -0.495 e. The van der Waals surface area contributed by atoms with Crippen molar-refractivity contribution < 1.29 is 23.6 Å². The van der Waals surface area contributed by atoms with Crippen molar-refractivity contribution >= 4 is 34.9 Å². The number of carbonyl (C=O) groups is 3. The van der Waals surface area contributed by atoms with Crippen LogP contribution in [0.3, 0.4) is 0 Å². The number of amides is 3. The largest absolute Gasteiger partial charge is 0.495 e. The highest BCUT2D eigenvalue weighted by molar-refractivity contribution is 6.05. The Morgan fingerprint density at radius 3 is 2.41 bits per heavy atom. The summed E-state index contributed by atoms with van der Waals surface area (Å²) in [5.74, 6) is 0.779. The fourth-order valence-electron chi connectivity index (χ4n) is 3.10. The van der Waals surface area contributed by atoms with E-state index >= 15 is 0 Å². The number of para-hydroxylation sites is 2. The van der Waals surface area contributed by atoms with E-state index in [9.17, 15) is 14.4 Å². The summed E-state index contributed by atoms with van der Waals surface area (Å²) in [4.78, 5) is 38.5. The van der Waals surface area contributed by atoms with Crippen LogP contribution in [0.25, 0.3) is 0 Å². The van der Waals surface area contributed by atoms with Gasteiger partial charge in [-0.15, -0.1) is 0 Å². The van der Waals surface area contributed by atoms with E-state index in [1.54, 1.807) is 67.4 Å². The highest BCUT2D eigenvalue weighted by Crippen LogP contribution is 2.24. The number of nitrogens with zero attached hydrogens (tertiary/aromatic N) is 2. The van der Waals surface area contributed by atoms with Gasteiger partial charge in [-0.05, 0) is 50.4 Å². The molecule has 10 heteroatoms. The highest BCUT2D eigenvalue weighted by Gasteiger charge is 2.12. The summed E-state index contributed by atoms with van der Waals surface area (Å²) < 4.78 is 10.1. The van der Waals surface area contributed by atoms with Gasteiger partial charge in [-0.3, -0.25) is 19.3 Å². The third-order valence-electron chi connectivity index (χ3n) is 4.82. The molecule has 10 nitrogen and oxygen atoms in total. The molecule has 2 aromatic carbocycles. The molecule has 1 aromatic heterocycles. The topological polar surface area (TPSA) is 126 Å². The molecule has 3 N–H and O–H groups in total. The number of likely N-dealkylation sites (N-methyl/N-ethyl adjacent to an activating group) is 1. The average molecular weight is 466 g/mol. The molecule has 0 unspecified atom stereocenters. The molecule has 0 aliphatic carbocycles. The first kappa shape index (κ1) is 24.5. The van der Waals surface area contributed by atoms with Crippen LogP contribution in [-0.4, -0.2) is 55.0 Å². The van der Waals surface area contributed by atoms with Gasteiger partial charge in [0.25, 0.3) is 5.91 Å². The van der Waals surface area contributed by atoms with E-state index in [4.69, 9.17) is 9.26 Å². The summed E-state index contributed by atoms with van der Waals surface area (Å²) in [6, 6.07) is 15.3. The number of ether oxygens (including phenoxy) is 1. The van der Waals surface area contributed by atoms with E-state index in [1.807, 2.05) is 6.07 Å². The molecule has 0 aliphatic heterocycles. The first-order valence-corrected chi connectivity index (χ1v) is 10.6. The predicted octanol–water partition coefficient (Wildman–Crippen LogP) is 3.14. The molecule has 0 atom stereocenters. The van der Waals surface area contributed by atoms with Crippen molar-refractivity contribution in [1.29, 1.82) is 0 Å². The maximum atomic E-state index is 12.5. The second kappa shape index (κ2) is 11.6. The Hall–Kier alpha value is -4.18. The van der Waals surface area contributed by atoms with Gasteiger partial charge in [0, 0.05) is 30.3 Å². The molecule has 0 saturated carbocycles. The van der Waals surface area contributed by atoms with Crippen molar-refractivity contribution in [2.75, 3.05) is 43.2 Å². The third kappa shape index (κ3) is 7.17. The number of anilines is 3. The van der Waals surface area contributed by atoms with Crippen LogP contribution >= 0.6 is 0 Å². The van der Waals surface area contributed by atoms with E-state index in [0.29, 0.717) is 40.8 Å². The van der Waals surface area contributed by atoms with Gasteiger partial charge in [-0.1, -0.05) is 17.3 Å². The second-order valence-corrected chi connectivity index (χ2v) is 7.64. The van der Waals surface area contributed by atoms with Crippen molar-refractivity contribution in [3.8, 4) is 5.75 Å². The van der Waals surface area contributed by atoms with Gasteiger partial charge in [0.05, 0.1) is 19.3 Å². The molecule has 0 fully saturated rings. The normalized spacial score (nSPS) is 10.6. The number of hydrogen-bond donors (Lipinski definition) is 3. The zero-order chi connectivity index (χ0) is 24.5. The molecule has 34 heavy (non-hydrogen) atoms. The lowest BCUT2D eigenvalue weighted by atomic mass is 10.2. The summed E-state index contributed by atoms with van der Waals surface area (Å²) in [5, 5.41) is 11.9. The molecule has 0 aliphatic rings. The Morgan fingerprint density at radius 2 is 1.74 bits per heavy atom. The van der Waals surface area contributed by atoms with Crippen LogP contribution < -0.4 is 20.7 Å². The Labute approximate surface area is 197 Å². The summed E-state index contributed by atoms with van der Waals surface area (Å²) in [6.07, 6.45) is 0.197. The van der Waals surface area contributed by atoms with Crippen LogP contribution in [-0.2, 0) is 9.59 Å². The lowest BCUT2D eigenvalue weighted by molar-refractivity contribution is -0.119. The number of rotatable bonds is 10. The van der Waals surface area contributed by atoms with Crippen LogP contribution in [0.1, 0.15) is 22.5 Å². The van der Waals surface area contributed by atoms with Gasteiger partial charge in [-0.25, -0.2) is 0 Å². The highest BCUT2D eigenvalue weighted by atomic mass is 16.5. The fourth-order valence-corrected chi connectivity index (χ4v) is 3.10. The lowest BCUT2D eigenvalue weighted by Crippen LogP contribution is -2.32. The summed E-state index contributed by atoms with van der Waals surface area (Å²) in [7, 11) is 3.28. The van der Waals surface area contributed by atoms with E-state index in [0.717, 1.165) is 0 Å². The number of hydrogen-bond acceptors (Lipinski definition) is 7. The Kier molecular flexibility index (Phi) is 8.36. The second-order valence-electron chi connectivity index (χ2n) is 7.64. The molecule has 3 rings (SSSR count). The van der Waals surface area contributed by atoms with Gasteiger partial charge < -0.3 is 25.2 Å². The monoisotopic (exact) mass is 465 g/mol. The molecular weight excluding hydrogens is 438 g/mol. The minimum absolute atomic E-state index is 0.106. The molecule has 0 radical (unpaired) electrons. The summed E-state index contributed by atoms with van der Waals surface area (Å²) in [6.45, 7) is 2.23. The van der Waals surface area contributed by atoms with Crippen molar-refractivity contribution in [1.82, 2.24) is 10.1 Å². The van der Waals surface area contributed by atoms with Crippen molar-refractivity contribution in [3.63, 3.8) is 0 Å². The van der Waals surface area contributed by atoms with Gasteiger partial charge in [0.1, 0.15) is 11.5 Å². The third-order valence-corrected chi connectivity index (χ3v) is 4.82. The van der Waals surface area contributed by atoms with E-state index in [-0.39, 0.29) is 30.7 Å². The molecule has 0 saturated heterocycles. The number of methoxy groups -OCH3 is 1. The smallest absolute Gasteiger partial charge is 0.255 e. The molecule has 3 amide bonds. The average Bonchev–Trinajstić information content (AvgIpc) is 3.22. The van der Waals surface area contributed by atoms with Crippen LogP contribution in [0, 0.1) is 6.92 Å². The van der Waals surface area contributed by atoms with Gasteiger partial charge in [0.15, 0.2) is 5.82 Å². The molecular formula is C24H27N5O5. The van der Waals surface area contributed by atoms with Crippen LogP contribution in [0.4, 0.5) is 17.2 Å². The summed E-state index contributed by atoms with van der Waals surface area (Å²) in [5.41, 5.74) is 1.58. The molecule has 3 aromatic rings. The van der Waals surface area contributed by atoms with E-state index < -0.39 is 0 Å². The predicted molar refractivity (Wildman–Crippen MR) is 128 cm³/mol. The Morgan fingerprint density at radius 1 is 1.00 bits per heavy atom. The van der Waals surface area contributed by atoms with Crippen molar-refractivity contribution in [2.45, 2.75) is 13.3 Å². The standard InChI is InChI=1S/C24H27N5O5/c1-16-14-21(28-34-16)27-23(31)15-29(2)13-12-22(30)25-18-10-8-17(9-11-18)24(32)26-19-6-4-5-7-20(19)33-3/h4-11,14H,12-13,15H2,1-3H3,(H,25,30)(H,26,32)(H,27,28,31). The molecule has 1 heterocycles. The lowest BCUT2D eigenvalue weighted by Gasteiger charge is -2.15. The maximum Gasteiger partial charge on any atom is 0.255 e. The number of aromatic nitrogens is 1. The zero-order valence-electron chi connectivity index (χ0n) is 19.3. The van der Waals surface area contributed by atoms with Crippen LogP contribution in [0.15, 0.2) is 59.1 Å². The van der Waals surface area contributed by atoms with Gasteiger partial charge in [-0.2, -0.15) is 0 Å². The SMILES string of the molecule is COc1ccccc1NC(=O)c1ccc(NC(=O)CCN(C)CC(=O)Nc2cc(C)on2)cc1. The minimum atomic E-state index is -0.289. The fraction of sp³-hybridized carbons (Fsp3) is 0.250. The van der Waals surface area contributed by atoms with Gasteiger partial charge in [0.2, 0.25) is 11.8 Å². The maximum absolute atomic E-state index is 12.5. The first-order valence-electron chi connectivity index (χ1n) is 10.6.